The van der Waals surface area contributed by atoms with Gasteiger partial charge in [-0.15, -0.1) is 0 Å². The molecule has 1 amide bonds. The van der Waals surface area contributed by atoms with E-state index in [4.69, 9.17) is 9.72 Å². The molecule has 9 heteroatoms. The molecular weight excluding hydrogens is 494 g/mol. The van der Waals surface area contributed by atoms with Gasteiger partial charge in [-0.3, -0.25) is 9.69 Å². The second kappa shape index (κ2) is 10.1. The van der Waals surface area contributed by atoms with E-state index in [0.717, 1.165) is 15.8 Å². The molecule has 1 aromatic heterocycles. The minimum atomic E-state index is -3.69. The van der Waals surface area contributed by atoms with Crippen molar-refractivity contribution in [3.63, 3.8) is 0 Å². The van der Waals surface area contributed by atoms with E-state index in [1.807, 2.05) is 68.4 Å². The Morgan fingerprint density at radius 2 is 1.61 bits per heavy atom. The van der Waals surface area contributed by atoms with Crippen molar-refractivity contribution in [3.05, 3.63) is 90.0 Å². The fourth-order valence-electron chi connectivity index (χ4n) is 4.37. The summed E-state index contributed by atoms with van der Waals surface area (Å²) < 4.78 is 34.6. The van der Waals surface area contributed by atoms with Crippen molar-refractivity contribution in [1.82, 2.24) is 9.29 Å². The van der Waals surface area contributed by atoms with E-state index < -0.39 is 10.0 Å². The molecule has 2 atom stereocenters. The van der Waals surface area contributed by atoms with E-state index in [9.17, 15) is 13.2 Å². The number of aromatic nitrogens is 1. The van der Waals surface area contributed by atoms with Crippen LogP contribution >= 0.6 is 11.3 Å². The van der Waals surface area contributed by atoms with Gasteiger partial charge in [0.1, 0.15) is 0 Å². The first-order valence-electron chi connectivity index (χ1n) is 11.8. The summed E-state index contributed by atoms with van der Waals surface area (Å²) >= 11 is 1.45. The normalized spacial score (nSPS) is 18.8. The van der Waals surface area contributed by atoms with Crippen LogP contribution in [-0.2, 0) is 21.3 Å². The average Bonchev–Trinajstić information content (AvgIpc) is 3.31. The number of anilines is 1. The van der Waals surface area contributed by atoms with Gasteiger partial charge in [-0.2, -0.15) is 4.31 Å². The maximum atomic E-state index is 13.7. The first-order valence-corrected chi connectivity index (χ1v) is 14.0. The number of thiazole rings is 1. The molecule has 0 spiro atoms. The predicted molar refractivity (Wildman–Crippen MR) is 142 cm³/mol. The monoisotopic (exact) mass is 521 g/mol. The summed E-state index contributed by atoms with van der Waals surface area (Å²) in [7, 11) is -3.69. The summed E-state index contributed by atoms with van der Waals surface area (Å²) in [6.45, 7) is 4.68. The SMILES string of the molecule is CC1CN(S(=O)(=O)c2ccc(C(=O)N(Cc3ccccc3)c3nc4ccccc4s3)cc2)CC(C)O1. The second-order valence-electron chi connectivity index (χ2n) is 8.94. The number of amides is 1. The van der Waals surface area contributed by atoms with Crippen LogP contribution in [-0.4, -0.2) is 48.9 Å². The molecule has 1 aliphatic rings. The molecule has 5 rings (SSSR count). The lowest BCUT2D eigenvalue weighted by molar-refractivity contribution is -0.0440. The van der Waals surface area contributed by atoms with E-state index in [2.05, 4.69) is 0 Å². The third-order valence-electron chi connectivity index (χ3n) is 6.07. The van der Waals surface area contributed by atoms with Crippen molar-refractivity contribution in [2.75, 3.05) is 18.0 Å². The molecule has 1 saturated heterocycles. The lowest BCUT2D eigenvalue weighted by atomic mass is 10.1. The van der Waals surface area contributed by atoms with Gasteiger partial charge in [0.05, 0.1) is 33.9 Å². The molecule has 2 unspecified atom stereocenters. The first-order chi connectivity index (χ1) is 17.3. The highest BCUT2D eigenvalue weighted by atomic mass is 32.2. The van der Waals surface area contributed by atoms with Crippen LogP contribution in [0.1, 0.15) is 29.8 Å². The van der Waals surface area contributed by atoms with Crippen LogP contribution in [0.3, 0.4) is 0 Å². The van der Waals surface area contributed by atoms with Gasteiger partial charge in [0.2, 0.25) is 10.0 Å². The molecule has 4 aromatic rings. The van der Waals surface area contributed by atoms with Crippen LogP contribution in [0, 0.1) is 0 Å². The first kappa shape index (κ1) is 24.6. The average molecular weight is 522 g/mol. The van der Waals surface area contributed by atoms with Crippen LogP contribution < -0.4 is 4.90 Å². The Morgan fingerprint density at radius 3 is 2.28 bits per heavy atom. The topological polar surface area (TPSA) is 79.8 Å². The summed E-state index contributed by atoms with van der Waals surface area (Å²) in [5.74, 6) is -0.240. The van der Waals surface area contributed by atoms with Gasteiger partial charge in [0.25, 0.3) is 5.91 Å². The lowest BCUT2D eigenvalue weighted by Gasteiger charge is -2.34. The number of fused-ring (bicyclic) bond motifs is 1. The third-order valence-corrected chi connectivity index (χ3v) is 8.97. The zero-order valence-corrected chi connectivity index (χ0v) is 21.7. The number of benzene rings is 3. The molecule has 1 aliphatic heterocycles. The number of ether oxygens (including phenoxy) is 1. The third kappa shape index (κ3) is 5.05. The zero-order valence-electron chi connectivity index (χ0n) is 20.1. The highest BCUT2D eigenvalue weighted by Gasteiger charge is 2.32. The molecule has 0 saturated carbocycles. The summed E-state index contributed by atoms with van der Waals surface area (Å²) in [5, 5.41) is 0.595. The Labute approximate surface area is 215 Å². The van der Waals surface area contributed by atoms with Gasteiger partial charge < -0.3 is 4.74 Å². The van der Waals surface area contributed by atoms with Crippen LogP contribution in [0.5, 0.6) is 0 Å². The highest BCUT2D eigenvalue weighted by molar-refractivity contribution is 7.89. The smallest absolute Gasteiger partial charge is 0.260 e. The molecule has 3 aromatic carbocycles. The summed E-state index contributed by atoms with van der Waals surface area (Å²) in [4.78, 5) is 20.2. The molecule has 36 heavy (non-hydrogen) atoms. The Morgan fingerprint density at radius 1 is 0.972 bits per heavy atom. The molecule has 7 nitrogen and oxygen atoms in total. The van der Waals surface area contributed by atoms with Crippen LogP contribution in [0.25, 0.3) is 10.2 Å². The van der Waals surface area contributed by atoms with Crippen LogP contribution in [0.15, 0.2) is 83.8 Å². The summed E-state index contributed by atoms with van der Waals surface area (Å²) in [6, 6.07) is 23.7. The Bertz CT molecular complexity index is 1430. The van der Waals surface area contributed by atoms with Gasteiger partial charge >= 0.3 is 0 Å². The molecule has 0 N–H and O–H groups in total. The molecule has 2 heterocycles. The van der Waals surface area contributed by atoms with Crippen molar-refractivity contribution in [2.24, 2.45) is 0 Å². The number of carbonyl (C=O) groups excluding carboxylic acids is 1. The van der Waals surface area contributed by atoms with Crippen LogP contribution in [0.2, 0.25) is 0 Å². The van der Waals surface area contributed by atoms with Gasteiger partial charge in [-0.05, 0) is 55.8 Å². The highest BCUT2D eigenvalue weighted by Crippen LogP contribution is 2.31. The fourth-order valence-corrected chi connectivity index (χ4v) is 6.92. The minimum Gasteiger partial charge on any atom is -0.373 e. The number of rotatable bonds is 6. The van der Waals surface area contributed by atoms with E-state index >= 15 is 0 Å². The largest absolute Gasteiger partial charge is 0.373 e. The summed E-state index contributed by atoms with van der Waals surface area (Å²) in [6.07, 6.45) is -0.352. The van der Waals surface area contributed by atoms with Crippen molar-refractivity contribution in [1.29, 1.82) is 0 Å². The number of sulfonamides is 1. The quantitative estimate of drug-likeness (QED) is 0.359. The second-order valence-corrected chi connectivity index (χ2v) is 11.9. The van der Waals surface area contributed by atoms with Crippen molar-refractivity contribution in [2.45, 2.75) is 37.5 Å². The maximum Gasteiger partial charge on any atom is 0.260 e. The number of morpholine rings is 1. The number of para-hydroxylation sites is 1. The van der Waals surface area contributed by atoms with Crippen molar-refractivity contribution in [3.8, 4) is 0 Å². The Hall–Kier alpha value is -3.11. The van der Waals surface area contributed by atoms with Crippen LogP contribution in [0.4, 0.5) is 5.13 Å². The summed E-state index contributed by atoms with van der Waals surface area (Å²) in [5.41, 5.74) is 2.20. The van der Waals surface area contributed by atoms with Gasteiger partial charge in [-0.1, -0.05) is 53.8 Å². The predicted octanol–water partition coefficient (Wildman–Crippen LogP) is 4.94. The van der Waals surface area contributed by atoms with E-state index in [-0.39, 0.29) is 23.0 Å². The van der Waals surface area contributed by atoms with Crippen molar-refractivity contribution >= 4 is 42.6 Å². The lowest BCUT2D eigenvalue weighted by Crippen LogP contribution is -2.48. The number of hydrogen-bond donors (Lipinski definition) is 0. The Kier molecular flexibility index (Phi) is 6.90. The molecule has 1 fully saturated rings. The zero-order chi connectivity index (χ0) is 25.3. The van der Waals surface area contributed by atoms with Gasteiger partial charge in [-0.25, -0.2) is 13.4 Å². The maximum absolute atomic E-state index is 13.7. The fraction of sp³-hybridized carbons (Fsp3) is 0.259. The molecular formula is C27H27N3O4S2. The molecule has 186 valence electrons. The minimum absolute atomic E-state index is 0.162. The Balaban J connectivity index is 1.44. The number of nitrogens with zero attached hydrogens (tertiary/aromatic N) is 3. The molecule has 0 aliphatic carbocycles. The standard InChI is InChI=1S/C27H27N3O4S2/c1-19-16-29(17-20(2)34-19)36(32,33)23-14-12-22(13-15-23)26(31)30(18-21-8-4-3-5-9-21)27-28-24-10-6-7-11-25(24)35-27/h3-15,19-20H,16-18H2,1-2H3. The molecule has 0 radical (unpaired) electrons. The van der Waals surface area contributed by atoms with Gasteiger partial charge in [0.15, 0.2) is 5.13 Å². The van der Waals surface area contributed by atoms with Gasteiger partial charge in [0, 0.05) is 18.7 Å². The van der Waals surface area contributed by atoms with E-state index in [1.165, 1.54) is 27.8 Å². The molecule has 0 bridgehead atoms. The van der Waals surface area contributed by atoms with E-state index in [0.29, 0.717) is 30.3 Å². The van der Waals surface area contributed by atoms with E-state index in [1.54, 1.807) is 17.0 Å². The number of carbonyl (C=O) groups is 1. The van der Waals surface area contributed by atoms with Crippen molar-refractivity contribution < 1.29 is 17.9 Å². The number of hydrogen-bond acceptors (Lipinski definition) is 6.